The number of isothiocyanates is 1. The molecule has 4 fully saturated rings. The molecule has 0 aromatic carbocycles. The molecule has 156 valence electrons. The van der Waals surface area contributed by atoms with E-state index in [-0.39, 0.29) is 29.3 Å². The van der Waals surface area contributed by atoms with Crippen LogP contribution in [0.2, 0.25) is 0 Å². The van der Waals surface area contributed by atoms with Crippen molar-refractivity contribution >= 4 is 23.3 Å². The predicted molar refractivity (Wildman–Crippen MR) is 103 cm³/mol. The van der Waals surface area contributed by atoms with Crippen LogP contribution in [0.5, 0.6) is 0 Å². The third kappa shape index (κ3) is 1.70. The molecule has 0 radical (unpaired) electrons. The van der Waals surface area contributed by atoms with E-state index in [9.17, 15) is 15.0 Å². The van der Waals surface area contributed by atoms with E-state index < -0.39 is 35.1 Å². The second-order valence-corrected chi connectivity index (χ2v) is 10.3. The summed E-state index contributed by atoms with van der Waals surface area (Å²) in [5.41, 5.74) is -1.72. The van der Waals surface area contributed by atoms with E-state index in [0.717, 1.165) is 17.6 Å². The lowest BCUT2D eigenvalue weighted by Gasteiger charge is -2.56. The lowest BCUT2D eigenvalue weighted by atomic mass is 9.45. The highest BCUT2D eigenvalue weighted by molar-refractivity contribution is 7.78. The molecule has 6 aliphatic rings. The molecular formula is C21H25NO6S. The number of fused-ring (bicyclic) bond motifs is 2. The molecular weight excluding hydrogens is 394 g/mol. The predicted octanol–water partition coefficient (Wildman–Crippen LogP) is 1.17. The van der Waals surface area contributed by atoms with Crippen molar-refractivity contribution in [1.29, 1.82) is 0 Å². The van der Waals surface area contributed by atoms with Crippen LogP contribution in [-0.4, -0.2) is 69.1 Å². The zero-order chi connectivity index (χ0) is 20.6. The first-order chi connectivity index (χ1) is 13.7. The summed E-state index contributed by atoms with van der Waals surface area (Å²) in [6, 6.07) is -0.710. The van der Waals surface area contributed by atoms with Gasteiger partial charge in [0, 0.05) is 11.0 Å². The van der Waals surface area contributed by atoms with Gasteiger partial charge in [-0.2, -0.15) is 0 Å². The highest BCUT2D eigenvalue weighted by atomic mass is 32.1. The topological polar surface area (TPSA) is 104 Å². The summed E-state index contributed by atoms with van der Waals surface area (Å²) >= 11 is 4.87. The van der Waals surface area contributed by atoms with Crippen molar-refractivity contribution in [1.82, 2.24) is 0 Å². The molecule has 0 aromatic rings. The second-order valence-electron chi connectivity index (χ2n) is 10.1. The summed E-state index contributed by atoms with van der Waals surface area (Å²) in [6.45, 7) is 6.24. The number of hydrogen-bond donors (Lipinski definition) is 2. The van der Waals surface area contributed by atoms with Crippen LogP contribution in [0.3, 0.4) is 0 Å². The first-order valence-electron chi connectivity index (χ1n) is 10.4. The van der Waals surface area contributed by atoms with E-state index in [1.165, 1.54) is 0 Å². The van der Waals surface area contributed by atoms with Crippen molar-refractivity contribution in [3.05, 3.63) is 11.1 Å². The fourth-order valence-corrected chi connectivity index (χ4v) is 7.64. The average molecular weight is 419 g/mol. The van der Waals surface area contributed by atoms with Crippen molar-refractivity contribution in [3.63, 3.8) is 0 Å². The number of cyclic esters (lactones) is 1. The molecule has 3 aliphatic heterocycles. The molecule has 3 heterocycles. The van der Waals surface area contributed by atoms with Gasteiger partial charge in [0.25, 0.3) is 0 Å². The minimum atomic E-state index is -1.51. The number of rotatable bonds is 2. The first kappa shape index (κ1) is 18.6. The number of aliphatic hydroxyl groups excluding tert-OH is 1. The highest BCUT2D eigenvalue weighted by Gasteiger charge is 2.96. The summed E-state index contributed by atoms with van der Waals surface area (Å²) in [7, 11) is 0. The van der Waals surface area contributed by atoms with Crippen molar-refractivity contribution in [2.75, 3.05) is 6.61 Å². The Bertz CT molecular complexity index is 928. The molecule has 0 unspecified atom stereocenters. The van der Waals surface area contributed by atoms with Gasteiger partial charge in [0.05, 0.1) is 11.3 Å². The first-order valence-corrected chi connectivity index (χ1v) is 10.8. The van der Waals surface area contributed by atoms with Crippen molar-refractivity contribution < 1.29 is 29.2 Å². The zero-order valence-corrected chi connectivity index (χ0v) is 17.5. The smallest absolute Gasteiger partial charge is 0.334 e. The number of epoxide rings is 2. The Balaban J connectivity index is 1.52. The number of thiocarbonyl (C=S) groups is 1. The lowest BCUT2D eigenvalue weighted by molar-refractivity contribution is -0.186. The maximum absolute atomic E-state index is 12.1. The summed E-state index contributed by atoms with van der Waals surface area (Å²) in [6.07, 6.45) is 0.269. The minimum absolute atomic E-state index is 0.0814. The second kappa shape index (κ2) is 5.18. The Hall–Kier alpha value is -1.15. The summed E-state index contributed by atoms with van der Waals surface area (Å²) in [4.78, 5) is 16.4. The van der Waals surface area contributed by atoms with Gasteiger partial charge in [-0.1, -0.05) is 20.8 Å². The van der Waals surface area contributed by atoms with Crippen molar-refractivity contribution in [2.24, 2.45) is 22.2 Å². The van der Waals surface area contributed by atoms with Crippen LogP contribution in [0.25, 0.3) is 0 Å². The van der Waals surface area contributed by atoms with Gasteiger partial charge in [0.2, 0.25) is 0 Å². The van der Waals surface area contributed by atoms with Gasteiger partial charge in [-0.3, -0.25) is 0 Å². The quantitative estimate of drug-likeness (QED) is 0.300. The van der Waals surface area contributed by atoms with Gasteiger partial charge in [0.1, 0.15) is 36.1 Å². The molecule has 9 atom stereocenters. The molecule has 8 heteroatoms. The van der Waals surface area contributed by atoms with Crippen LogP contribution in [0.1, 0.15) is 40.0 Å². The van der Waals surface area contributed by atoms with Crippen LogP contribution in [0.15, 0.2) is 16.1 Å². The van der Waals surface area contributed by atoms with E-state index in [1.807, 2.05) is 13.8 Å². The van der Waals surface area contributed by atoms with E-state index >= 15 is 0 Å². The summed E-state index contributed by atoms with van der Waals surface area (Å²) < 4.78 is 18.1. The Labute approximate surface area is 174 Å². The van der Waals surface area contributed by atoms with Gasteiger partial charge in [0.15, 0.2) is 5.60 Å². The number of aliphatic imine (C=N–C) groups is 1. The van der Waals surface area contributed by atoms with Crippen LogP contribution in [0.4, 0.5) is 0 Å². The molecule has 2 saturated heterocycles. The molecule has 0 aromatic heterocycles. The number of carbonyl (C=O) groups excluding carboxylic acids is 1. The van der Waals surface area contributed by atoms with Crippen LogP contribution < -0.4 is 0 Å². The monoisotopic (exact) mass is 419 g/mol. The maximum Gasteiger partial charge on any atom is 0.334 e. The molecule has 2 spiro atoms. The van der Waals surface area contributed by atoms with Gasteiger partial charge in [-0.25, -0.2) is 9.79 Å². The Kier molecular flexibility index (Phi) is 3.32. The number of hydrogen-bond acceptors (Lipinski definition) is 8. The standard InChI is InChI=1S/C21H25NO6S/c1-9(2)19(25)14(22-8-29)15-21(28-15)18(3)5-4-10-11(7-26-16(10)23)12(18)6-13-20(21,27-13)17(19)24/h9,12-15,17,24-25H,4-7H2,1-3H3/t12-,13-,14+,15-,17+,18-,19-,20+,21+/m0/s1. The molecule has 0 bridgehead atoms. The molecule has 29 heavy (non-hydrogen) atoms. The van der Waals surface area contributed by atoms with Crippen molar-refractivity contribution in [3.8, 4) is 0 Å². The minimum Gasteiger partial charge on any atom is -0.458 e. The van der Waals surface area contributed by atoms with Gasteiger partial charge in [-0.15, -0.1) is 0 Å². The van der Waals surface area contributed by atoms with Crippen molar-refractivity contribution in [2.45, 2.75) is 81.2 Å². The largest absolute Gasteiger partial charge is 0.458 e. The van der Waals surface area contributed by atoms with E-state index in [1.54, 1.807) is 0 Å². The Morgan fingerprint density at radius 3 is 2.79 bits per heavy atom. The summed E-state index contributed by atoms with van der Waals surface area (Å²) in [5.74, 6) is -0.400. The number of ether oxygens (including phenoxy) is 3. The Morgan fingerprint density at radius 2 is 2.10 bits per heavy atom. The highest BCUT2D eigenvalue weighted by Crippen LogP contribution is 2.80. The Morgan fingerprint density at radius 1 is 1.34 bits per heavy atom. The van der Waals surface area contributed by atoms with Gasteiger partial charge in [-0.05, 0) is 48.9 Å². The fourth-order valence-electron chi connectivity index (χ4n) is 7.53. The van der Waals surface area contributed by atoms with E-state index in [4.69, 9.17) is 26.4 Å². The van der Waals surface area contributed by atoms with Crippen LogP contribution in [-0.2, 0) is 19.0 Å². The molecule has 6 rings (SSSR count). The molecule has 3 aliphatic carbocycles. The maximum atomic E-state index is 12.1. The molecule has 2 N–H and O–H groups in total. The SMILES string of the molecule is CC(C)[C@]1(O)[C@H](N=C=S)[C@@H]2O[C@]23[C@]2(O[C@H]2C[C@H]2C4=C(CC[C@@]23C)C(=O)OC4)[C@@H]1O. The average Bonchev–Trinajstić information content (AvgIpc) is 3.56. The van der Waals surface area contributed by atoms with Gasteiger partial charge >= 0.3 is 5.97 Å². The molecule has 2 saturated carbocycles. The number of carbonyl (C=O) groups is 1. The van der Waals surface area contributed by atoms with Crippen LogP contribution in [0, 0.1) is 17.3 Å². The van der Waals surface area contributed by atoms with E-state index in [0.29, 0.717) is 19.4 Å². The third-order valence-electron chi connectivity index (χ3n) is 9.09. The number of nitrogens with zero attached hydrogens (tertiary/aromatic N) is 1. The fraction of sp³-hybridized carbons (Fsp3) is 0.810. The third-order valence-corrected chi connectivity index (χ3v) is 9.20. The molecule has 0 amide bonds. The number of esters is 1. The normalized spacial score (nSPS) is 56.3. The van der Waals surface area contributed by atoms with Gasteiger partial charge < -0.3 is 24.4 Å². The number of aliphatic hydroxyl groups is 2. The van der Waals surface area contributed by atoms with Crippen LogP contribution >= 0.6 is 12.2 Å². The van der Waals surface area contributed by atoms with E-state index in [2.05, 4.69) is 17.1 Å². The zero-order valence-electron chi connectivity index (χ0n) is 16.7. The molecule has 7 nitrogen and oxygen atoms in total. The summed E-state index contributed by atoms with van der Waals surface area (Å²) in [5, 5.41) is 25.6. The lowest BCUT2D eigenvalue weighted by Crippen LogP contribution is -2.75.